The van der Waals surface area contributed by atoms with Gasteiger partial charge in [0.25, 0.3) is 0 Å². The van der Waals surface area contributed by atoms with E-state index in [1.807, 2.05) is 12.1 Å². The van der Waals surface area contributed by atoms with E-state index in [-0.39, 0.29) is 12.5 Å². The molecule has 1 N–H and O–H groups in total. The van der Waals surface area contributed by atoms with Gasteiger partial charge in [0, 0.05) is 11.1 Å². The first kappa shape index (κ1) is 19.5. The summed E-state index contributed by atoms with van der Waals surface area (Å²) in [4.78, 5) is 23.9. The van der Waals surface area contributed by atoms with Crippen LogP contribution >= 0.6 is 11.6 Å². The lowest BCUT2D eigenvalue weighted by molar-refractivity contribution is -0.148. The molecular formula is C20H20ClNO4. The molecule has 0 saturated heterocycles. The molecule has 5 nitrogen and oxygen atoms in total. The lowest BCUT2D eigenvalue weighted by Gasteiger charge is -2.12. The molecule has 26 heavy (non-hydrogen) atoms. The van der Waals surface area contributed by atoms with Crippen molar-refractivity contribution in [2.24, 2.45) is 0 Å². The van der Waals surface area contributed by atoms with E-state index in [1.165, 1.54) is 6.08 Å². The minimum atomic E-state index is -0.754. The highest BCUT2D eigenvalue weighted by Crippen LogP contribution is 2.12. The van der Waals surface area contributed by atoms with Crippen LogP contribution in [-0.4, -0.2) is 25.0 Å². The third-order valence-electron chi connectivity index (χ3n) is 3.55. The fourth-order valence-electron chi connectivity index (χ4n) is 2.07. The van der Waals surface area contributed by atoms with Gasteiger partial charge in [-0.25, -0.2) is 4.79 Å². The van der Waals surface area contributed by atoms with Crippen LogP contribution in [0.1, 0.15) is 18.1 Å². The second-order valence-electron chi connectivity index (χ2n) is 5.57. The van der Waals surface area contributed by atoms with Gasteiger partial charge in [0.05, 0.1) is 7.11 Å². The third-order valence-corrected chi connectivity index (χ3v) is 3.80. The lowest BCUT2D eigenvalue weighted by atomic mass is 10.2. The number of hydrogen-bond acceptors (Lipinski definition) is 4. The largest absolute Gasteiger partial charge is 0.497 e. The first-order chi connectivity index (χ1) is 12.5. The summed E-state index contributed by atoms with van der Waals surface area (Å²) in [5.74, 6) is -0.147. The van der Waals surface area contributed by atoms with Gasteiger partial charge in [-0.2, -0.15) is 0 Å². The number of esters is 1. The number of rotatable bonds is 7. The number of amides is 1. The first-order valence-corrected chi connectivity index (χ1v) is 8.39. The first-order valence-electron chi connectivity index (χ1n) is 8.01. The predicted molar refractivity (Wildman–Crippen MR) is 101 cm³/mol. The maximum absolute atomic E-state index is 12.0. The average molecular weight is 374 g/mol. The molecule has 0 unspecified atom stereocenters. The van der Waals surface area contributed by atoms with Crippen molar-refractivity contribution >= 4 is 29.6 Å². The predicted octanol–water partition coefficient (Wildman–Crippen LogP) is 3.61. The van der Waals surface area contributed by atoms with E-state index in [1.54, 1.807) is 56.5 Å². The number of ether oxygens (including phenoxy) is 2. The number of halogens is 1. The Kier molecular flexibility index (Phi) is 7.24. The highest BCUT2D eigenvalue weighted by Gasteiger charge is 2.15. The molecule has 2 aromatic rings. The molecule has 0 bridgehead atoms. The number of nitrogens with one attached hydrogen (secondary N) is 1. The van der Waals surface area contributed by atoms with Crippen LogP contribution in [0.4, 0.5) is 0 Å². The lowest BCUT2D eigenvalue weighted by Crippen LogP contribution is -2.38. The van der Waals surface area contributed by atoms with Crippen LogP contribution in [0, 0.1) is 0 Å². The van der Waals surface area contributed by atoms with E-state index >= 15 is 0 Å². The number of carbonyl (C=O) groups is 2. The van der Waals surface area contributed by atoms with Gasteiger partial charge in [-0.05, 0) is 48.4 Å². The molecular weight excluding hydrogens is 354 g/mol. The Balaban J connectivity index is 1.80. The van der Waals surface area contributed by atoms with Crippen LogP contribution < -0.4 is 10.1 Å². The highest BCUT2D eigenvalue weighted by molar-refractivity contribution is 6.30. The van der Waals surface area contributed by atoms with E-state index in [0.717, 1.165) is 16.9 Å². The van der Waals surface area contributed by atoms with Crippen molar-refractivity contribution < 1.29 is 19.1 Å². The normalized spacial score (nSPS) is 11.8. The zero-order valence-corrected chi connectivity index (χ0v) is 15.3. The second-order valence-corrected chi connectivity index (χ2v) is 6.01. The fourth-order valence-corrected chi connectivity index (χ4v) is 2.19. The summed E-state index contributed by atoms with van der Waals surface area (Å²) in [5, 5.41) is 3.19. The molecule has 2 rings (SSSR count). The van der Waals surface area contributed by atoms with E-state index in [0.29, 0.717) is 5.02 Å². The van der Waals surface area contributed by atoms with Crippen molar-refractivity contribution in [3.63, 3.8) is 0 Å². The Hall–Kier alpha value is -2.79. The van der Waals surface area contributed by atoms with Crippen LogP contribution in [0.15, 0.2) is 54.6 Å². The monoisotopic (exact) mass is 373 g/mol. The summed E-state index contributed by atoms with van der Waals surface area (Å²) in [6, 6.07) is 13.5. The fraction of sp³-hybridized carbons (Fsp3) is 0.200. The summed E-state index contributed by atoms with van der Waals surface area (Å²) in [6.07, 6.45) is 3.02. The Bertz CT molecular complexity index is 769. The Morgan fingerprint density at radius 1 is 1.12 bits per heavy atom. The molecule has 0 aliphatic carbocycles. The maximum Gasteiger partial charge on any atom is 0.328 e. The van der Waals surface area contributed by atoms with Gasteiger partial charge in [-0.15, -0.1) is 0 Å². The summed E-state index contributed by atoms with van der Waals surface area (Å²) in [5.41, 5.74) is 1.67. The van der Waals surface area contributed by atoms with Gasteiger partial charge >= 0.3 is 5.97 Å². The Morgan fingerprint density at radius 2 is 1.77 bits per heavy atom. The second kappa shape index (κ2) is 9.63. The number of hydrogen-bond donors (Lipinski definition) is 1. The zero-order valence-electron chi connectivity index (χ0n) is 14.6. The summed E-state index contributed by atoms with van der Waals surface area (Å²) in [7, 11) is 1.59. The van der Waals surface area contributed by atoms with E-state index < -0.39 is 12.0 Å². The minimum absolute atomic E-state index is 0.123. The number of carbonyl (C=O) groups excluding carboxylic acids is 2. The minimum Gasteiger partial charge on any atom is -0.497 e. The average Bonchev–Trinajstić information content (AvgIpc) is 2.66. The molecule has 0 aliphatic rings. The van der Waals surface area contributed by atoms with Crippen molar-refractivity contribution in [2.45, 2.75) is 19.6 Å². The van der Waals surface area contributed by atoms with Gasteiger partial charge in [0.15, 0.2) is 0 Å². The SMILES string of the molecule is COc1ccc(/C=C/C(=O)N[C@@H](C)C(=O)OCc2ccc(Cl)cc2)cc1. The van der Waals surface area contributed by atoms with Gasteiger partial charge in [-0.1, -0.05) is 35.9 Å². The van der Waals surface area contributed by atoms with Crippen LogP contribution in [0.3, 0.4) is 0 Å². The summed E-state index contributed by atoms with van der Waals surface area (Å²) >= 11 is 5.80. The van der Waals surface area contributed by atoms with Crippen LogP contribution in [0.2, 0.25) is 5.02 Å². The molecule has 2 aromatic carbocycles. The van der Waals surface area contributed by atoms with E-state index in [4.69, 9.17) is 21.1 Å². The molecule has 0 radical (unpaired) electrons. The van der Waals surface area contributed by atoms with Gasteiger partial charge in [-0.3, -0.25) is 4.79 Å². The third kappa shape index (κ3) is 6.26. The quantitative estimate of drug-likeness (QED) is 0.594. The summed E-state index contributed by atoms with van der Waals surface area (Å²) < 4.78 is 10.3. The molecule has 0 aromatic heterocycles. The standard InChI is InChI=1S/C20H20ClNO4/c1-14(20(24)26-13-16-3-8-17(21)9-4-16)22-19(23)12-7-15-5-10-18(25-2)11-6-15/h3-12,14H,13H2,1-2H3,(H,22,23)/b12-7+/t14-/m0/s1. The molecule has 1 amide bonds. The van der Waals surface area contributed by atoms with Crippen LogP contribution in [0.25, 0.3) is 6.08 Å². The van der Waals surface area contributed by atoms with Crippen LogP contribution in [0.5, 0.6) is 5.75 Å². The maximum atomic E-state index is 12.0. The van der Waals surface area contributed by atoms with E-state index in [2.05, 4.69) is 5.32 Å². The smallest absolute Gasteiger partial charge is 0.328 e. The molecule has 0 fully saturated rings. The van der Waals surface area contributed by atoms with Crippen molar-refractivity contribution in [3.05, 3.63) is 70.8 Å². The molecule has 0 aliphatic heterocycles. The van der Waals surface area contributed by atoms with Gasteiger partial charge < -0.3 is 14.8 Å². The Morgan fingerprint density at radius 3 is 2.38 bits per heavy atom. The van der Waals surface area contributed by atoms with E-state index in [9.17, 15) is 9.59 Å². The molecule has 1 atom stereocenters. The van der Waals surface area contributed by atoms with Crippen molar-refractivity contribution in [2.75, 3.05) is 7.11 Å². The topological polar surface area (TPSA) is 64.6 Å². The molecule has 0 saturated carbocycles. The Labute approximate surface area is 157 Å². The summed E-state index contributed by atoms with van der Waals surface area (Å²) in [6.45, 7) is 1.70. The molecule has 0 heterocycles. The molecule has 0 spiro atoms. The molecule has 136 valence electrons. The van der Waals surface area contributed by atoms with Gasteiger partial charge in [0.2, 0.25) is 5.91 Å². The van der Waals surface area contributed by atoms with Crippen molar-refractivity contribution in [1.82, 2.24) is 5.32 Å². The van der Waals surface area contributed by atoms with Crippen LogP contribution in [-0.2, 0) is 20.9 Å². The number of benzene rings is 2. The number of methoxy groups -OCH3 is 1. The zero-order chi connectivity index (χ0) is 18.9. The van der Waals surface area contributed by atoms with Crippen molar-refractivity contribution in [1.29, 1.82) is 0 Å². The van der Waals surface area contributed by atoms with Crippen molar-refractivity contribution in [3.8, 4) is 5.75 Å². The highest BCUT2D eigenvalue weighted by atomic mass is 35.5. The van der Waals surface area contributed by atoms with Gasteiger partial charge in [0.1, 0.15) is 18.4 Å². The molecule has 6 heteroatoms.